The van der Waals surface area contributed by atoms with Crippen LogP contribution in [0.4, 0.5) is 14.5 Å². The molecule has 0 aliphatic heterocycles. The largest absolute Gasteiger partial charge is 0.465 e. The summed E-state index contributed by atoms with van der Waals surface area (Å²) < 4.78 is 33.5. The van der Waals surface area contributed by atoms with E-state index in [0.717, 1.165) is 11.3 Å². The van der Waals surface area contributed by atoms with Crippen LogP contribution in [-0.4, -0.2) is 19.7 Å². The van der Waals surface area contributed by atoms with Crippen molar-refractivity contribution in [1.82, 2.24) is 0 Å². The quantitative estimate of drug-likeness (QED) is 0.874. The number of anilines is 1. The van der Waals surface area contributed by atoms with E-state index in [4.69, 9.17) is 5.73 Å². The lowest BCUT2D eigenvalue weighted by molar-refractivity contribution is -0.0498. The van der Waals surface area contributed by atoms with Crippen molar-refractivity contribution in [3.63, 3.8) is 0 Å². The zero-order valence-corrected chi connectivity index (χ0v) is 12.2. The highest BCUT2D eigenvalue weighted by Crippen LogP contribution is 2.39. The molecule has 7 heteroatoms. The molecular formula is C14H13F2NO3S. The average Bonchev–Trinajstić information content (AvgIpc) is 2.74. The highest BCUT2D eigenvalue weighted by atomic mass is 32.1. The molecule has 1 heterocycles. The summed E-state index contributed by atoms with van der Waals surface area (Å²) in [6, 6.07) is 6.24. The summed E-state index contributed by atoms with van der Waals surface area (Å²) in [6.07, 6.45) is 0. The third-order valence-electron chi connectivity index (χ3n) is 2.89. The molecule has 2 aromatic rings. The fourth-order valence-electron chi connectivity index (χ4n) is 1.86. The second kappa shape index (κ2) is 6.09. The number of hydrogen-bond acceptors (Lipinski definition) is 5. The van der Waals surface area contributed by atoms with Gasteiger partial charge in [0.15, 0.2) is 0 Å². The van der Waals surface area contributed by atoms with Crippen LogP contribution in [-0.2, 0) is 4.74 Å². The highest BCUT2D eigenvalue weighted by molar-refractivity contribution is 7.18. The predicted octanol–water partition coefficient (Wildman–Crippen LogP) is 3.69. The molecule has 0 radical (unpaired) electrons. The number of esters is 1. The van der Waals surface area contributed by atoms with Gasteiger partial charge in [0.05, 0.1) is 12.8 Å². The molecule has 4 nitrogen and oxygen atoms in total. The summed E-state index contributed by atoms with van der Waals surface area (Å²) in [5, 5.41) is 0. The van der Waals surface area contributed by atoms with E-state index in [9.17, 15) is 13.6 Å². The second-order valence-corrected chi connectivity index (χ2v) is 5.22. The molecule has 0 aliphatic carbocycles. The van der Waals surface area contributed by atoms with Gasteiger partial charge in [-0.1, -0.05) is 12.1 Å². The molecule has 0 atom stereocenters. The van der Waals surface area contributed by atoms with Crippen molar-refractivity contribution < 1.29 is 23.0 Å². The molecule has 0 unspecified atom stereocenters. The number of ether oxygens (including phenoxy) is 2. The molecular weight excluding hydrogens is 300 g/mol. The van der Waals surface area contributed by atoms with Gasteiger partial charge in [0.2, 0.25) is 0 Å². The molecule has 21 heavy (non-hydrogen) atoms. The summed E-state index contributed by atoms with van der Waals surface area (Å²) in [6.45, 7) is -1.13. The van der Waals surface area contributed by atoms with Crippen LogP contribution in [0.3, 0.4) is 0 Å². The second-order valence-electron chi connectivity index (χ2n) is 4.20. The number of methoxy groups -OCH3 is 1. The van der Waals surface area contributed by atoms with Crippen molar-refractivity contribution in [3.05, 3.63) is 34.7 Å². The number of hydrogen-bond donors (Lipinski definition) is 1. The van der Waals surface area contributed by atoms with Gasteiger partial charge in [-0.3, -0.25) is 0 Å². The Morgan fingerprint density at radius 1 is 1.38 bits per heavy atom. The van der Waals surface area contributed by atoms with Gasteiger partial charge < -0.3 is 15.2 Å². The lowest BCUT2D eigenvalue weighted by atomic mass is 10.1. The van der Waals surface area contributed by atoms with E-state index >= 15 is 0 Å². The molecule has 0 fully saturated rings. The number of rotatable bonds is 4. The molecule has 0 amide bonds. The van der Waals surface area contributed by atoms with E-state index in [1.807, 2.05) is 0 Å². The van der Waals surface area contributed by atoms with Gasteiger partial charge in [0.25, 0.3) is 0 Å². The van der Waals surface area contributed by atoms with E-state index in [1.165, 1.54) is 19.2 Å². The predicted molar refractivity (Wildman–Crippen MR) is 76.9 cm³/mol. The Kier molecular flexibility index (Phi) is 4.42. The summed E-state index contributed by atoms with van der Waals surface area (Å²) in [7, 11) is 1.27. The summed E-state index contributed by atoms with van der Waals surface area (Å²) >= 11 is 1.16. The standard InChI is InChI=1S/C14H13F2NO3S/c1-7-10(17)12(13(18)19-2)21-11(7)8-4-3-5-9(6-8)20-14(15)16/h3-6,14H,17H2,1-2H3. The SMILES string of the molecule is COC(=O)c1sc(-c2cccc(OC(F)F)c2)c(C)c1N. The number of nitrogens with two attached hydrogens (primary N) is 1. The van der Waals surface area contributed by atoms with Crippen LogP contribution >= 0.6 is 11.3 Å². The smallest absolute Gasteiger partial charge is 0.387 e. The van der Waals surface area contributed by atoms with Crippen LogP contribution in [0, 0.1) is 6.92 Å². The van der Waals surface area contributed by atoms with Crippen molar-refractivity contribution in [2.24, 2.45) is 0 Å². The van der Waals surface area contributed by atoms with E-state index < -0.39 is 12.6 Å². The van der Waals surface area contributed by atoms with E-state index in [0.29, 0.717) is 26.6 Å². The summed E-state index contributed by atoms with van der Waals surface area (Å²) in [4.78, 5) is 12.6. The maximum atomic E-state index is 12.3. The molecule has 2 N–H and O–H groups in total. The first-order valence-corrected chi connectivity index (χ1v) is 6.78. The lowest BCUT2D eigenvalue weighted by Gasteiger charge is -2.06. The first-order valence-electron chi connectivity index (χ1n) is 5.96. The molecule has 1 aromatic heterocycles. The van der Waals surface area contributed by atoms with Crippen LogP contribution in [0.1, 0.15) is 15.2 Å². The molecule has 2 rings (SSSR count). The molecule has 0 bridgehead atoms. The van der Waals surface area contributed by atoms with Gasteiger partial charge in [0.1, 0.15) is 10.6 Å². The maximum absolute atomic E-state index is 12.3. The van der Waals surface area contributed by atoms with Gasteiger partial charge >= 0.3 is 12.6 Å². The molecule has 0 aliphatic rings. The van der Waals surface area contributed by atoms with Crippen LogP contribution in [0.2, 0.25) is 0 Å². The summed E-state index contributed by atoms with van der Waals surface area (Å²) in [5.74, 6) is -0.472. The average molecular weight is 313 g/mol. The highest BCUT2D eigenvalue weighted by Gasteiger charge is 2.20. The van der Waals surface area contributed by atoms with Gasteiger partial charge in [-0.05, 0) is 30.2 Å². The Hall–Kier alpha value is -2.15. The topological polar surface area (TPSA) is 61.5 Å². The summed E-state index contributed by atoms with van der Waals surface area (Å²) in [5.41, 5.74) is 7.58. The zero-order chi connectivity index (χ0) is 15.6. The Labute approximate surface area is 124 Å². The van der Waals surface area contributed by atoms with E-state index in [1.54, 1.807) is 19.1 Å². The van der Waals surface area contributed by atoms with Crippen molar-refractivity contribution >= 4 is 23.0 Å². The minimum atomic E-state index is -2.89. The molecule has 0 saturated heterocycles. The third kappa shape index (κ3) is 3.13. The Morgan fingerprint density at radius 2 is 2.10 bits per heavy atom. The van der Waals surface area contributed by atoms with Crippen LogP contribution in [0.25, 0.3) is 10.4 Å². The first kappa shape index (κ1) is 15.2. The number of thiophene rings is 1. The number of halogens is 2. The van der Waals surface area contributed by atoms with Gasteiger partial charge in [-0.2, -0.15) is 8.78 Å². The fraction of sp³-hybridized carbons (Fsp3) is 0.214. The lowest BCUT2D eigenvalue weighted by Crippen LogP contribution is -2.02. The number of carbonyl (C=O) groups is 1. The Balaban J connectivity index is 2.45. The number of benzene rings is 1. The van der Waals surface area contributed by atoms with Crippen LogP contribution in [0.5, 0.6) is 5.75 Å². The van der Waals surface area contributed by atoms with E-state index in [2.05, 4.69) is 9.47 Å². The molecule has 0 spiro atoms. The van der Waals surface area contributed by atoms with Gasteiger partial charge in [0, 0.05) is 4.88 Å². The van der Waals surface area contributed by atoms with Crippen molar-refractivity contribution in [1.29, 1.82) is 0 Å². The van der Waals surface area contributed by atoms with Gasteiger partial charge in [-0.25, -0.2) is 4.79 Å². The number of nitrogen functional groups attached to an aromatic ring is 1. The minimum absolute atomic E-state index is 0.0495. The number of alkyl halides is 2. The molecule has 0 saturated carbocycles. The normalized spacial score (nSPS) is 10.7. The van der Waals surface area contributed by atoms with Crippen molar-refractivity contribution in [2.45, 2.75) is 13.5 Å². The van der Waals surface area contributed by atoms with Crippen molar-refractivity contribution in [3.8, 4) is 16.2 Å². The van der Waals surface area contributed by atoms with Crippen LogP contribution in [0.15, 0.2) is 24.3 Å². The molecule has 1 aromatic carbocycles. The minimum Gasteiger partial charge on any atom is -0.465 e. The van der Waals surface area contributed by atoms with E-state index in [-0.39, 0.29) is 5.75 Å². The maximum Gasteiger partial charge on any atom is 0.387 e. The molecule has 112 valence electrons. The third-order valence-corrected chi connectivity index (χ3v) is 4.22. The fourth-order valence-corrected chi connectivity index (χ4v) is 3.00. The zero-order valence-electron chi connectivity index (χ0n) is 11.4. The Bertz CT molecular complexity index is 670. The van der Waals surface area contributed by atoms with Crippen molar-refractivity contribution in [2.75, 3.05) is 12.8 Å². The first-order chi connectivity index (χ1) is 9.93. The van der Waals surface area contributed by atoms with Gasteiger partial charge in [-0.15, -0.1) is 11.3 Å². The monoisotopic (exact) mass is 313 g/mol. The number of carbonyl (C=O) groups excluding carboxylic acids is 1. The Morgan fingerprint density at radius 3 is 2.71 bits per heavy atom. The van der Waals surface area contributed by atoms with Crippen LogP contribution < -0.4 is 10.5 Å².